The summed E-state index contributed by atoms with van der Waals surface area (Å²) in [4.78, 5) is 18.0. The number of carbonyl (C=O) groups excluding carboxylic acids is 1. The Labute approximate surface area is 151 Å². The van der Waals surface area contributed by atoms with Crippen molar-refractivity contribution in [3.63, 3.8) is 0 Å². The maximum Gasteiger partial charge on any atom is 0.275 e. The number of benzene rings is 1. The minimum absolute atomic E-state index is 0.183. The third-order valence-corrected chi connectivity index (χ3v) is 3.33. The van der Waals surface area contributed by atoms with Crippen LogP contribution in [0.3, 0.4) is 0 Å². The van der Waals surface area contributed by atoms with Gasteiger partial charge in [0.15, 0.2) is 5.71 Å². The minimum Gasteiger partial charge on any atom is -0.472 e. The number of rotatable bonds is 7. The molecule has 0 saturated heterocycles. The van der Waals surface area contributed by atoms with E-state index in [1.165, 1.54) is 12.0 Å². The third-order valence-electron chi connectivity index (χ3n) is 3.07. The van der Waals surface area contributed by atoms with Crippen LogP contribution >= 0.6 is 11.6 Å². The number of oxime groups is 1. The van der Waals surface area contributed by atoms with Gasteiger partial charge in [0.05, 0.1) is 5.69 Å². The lowest BCUT2D eigenvalue weighted by Gasteiger charge is -2.09. The summed E-state index contributed by atoms with van der Waals surface area (Å²) < 4.78 is 7.22. The molecule has 1 aromatic carbocycles. The number of hydrogen-bond acceptors (Lipinski definition) is 5. The standard InChI is InChI=1S/C17H19ClN4O3/c1-21(2)17(23)15(20-24-3)5-4-12-25-16-10-11-22(19-16)14-8-6-13(18)7-9-14/h4-11H,12H2,1-3H3/b5-4-,20-15+. The third kappa shape index (κ3) is 5.36. The molecule has 0 spiro atoms. The fourth-order valence-electron chi connectivity index (χ4n) is 1.88. The number of aromatic nitrogens is 2. The van der Waals surface area contributed by atoms with Crippen molar-refractivity contribution in [1.29, 1.82) is 0 Å². The Morgan fingerprint density at radius 1 is 1.32 bits per heavy atom. The SMILES string of the molecule is CO/N=C(\C=C/COc1ccn(-c2ccc(Cl)cc2)n1)C(=O)N(C)C. The monoisotopic (exact) mass is 362 g/mol. The molecular formula is C17H19ClN4O3. The highest BCUT2D eigenvalue weighted by molar-refractivity contribution is 6.43. The molecule has 132 valence electrons. The van der Waals surface area contributed by atoms with Gasteiger partial charge in [-0.15, -0.1) is 5.10 Å². The summed E-state index contributed by atoms with van der Waals surface area (Å²) >= 11 is 5.87. The molecule has 25 heavy (non-hydrogen) atoms. The van der Waals surface area contributed by atoms with Crippen molar-refractivity contribution >= 4 is 23.2 Å². The number of halogens is 1. The van der Waals surface area contributed by atoms with E-state index in [2.05, 4.69) is 15.1 Å². The Morgan fingerprint density at radius 3 is 2.68 bits per heavy atom. The van der Waals surface area contributed by atoms with Crippen molar-refractivity contribution in [2.24, 2.45) is 5.16 Å². The Bertz CT molecular complexity index is 766. The zero-order valence-corrected chi connectivity index (χ0v) is 15.0. The molecule has 7 nitrogen and oxygen atoms in total. The van der Waals surface area contributed by atoms with Crippen molar-refractivity contribution in [2.75, 3.05) is 27.8 Å². The summed E-state index contributed by atoms with van der Waals surface area (Å²) in [6, 6.07) is 9.05. The molecule has 0 radical (unpaired) electrons. The molecule has 0 saturated carbocycles. The van der Waals surface area contributed by atoms with Crippen LogP contribution in [0.1, 0.15) is 0 Å². The van der Waals surface area contributed by atoms with Crippen LogP contribution < -0.4 is 4.74 Å². The number of carbonyl (C=O) groups is 1. The summed E-state index contributed by atoms with van der Waals surface area (Å²) in [5.74, 6) is 0.203. The van der Waals surface area contributed by atoms with Gasteiger partial charge in [0.1, 0.15) is 13.7 Å². The van der Waals surface area contributed by atoms with Gasteiger partial charge in [-0.3, -0.25) is 4.79 Å². The van der Waals surface area contributed by atoms with E-state index in [4.69, 9.17) is 16.3 Å². The maximum atomic E-state index is 11.9. The molecule has 2 rings (SSSR count). The summed E-state index contributed by atoms with van der Waals surface area (Å²) in [5.41, 5.74) is 1.06. The quantitative estimate of drug-likeness (QED) is 0.560. The van der Waals surface area contributed by atoms with Crippen LogP contribution in [0.15, 0.2) is 53.8 Å². The van der Waals surface area contributed by atoms with Crippen molar-refractivity contribution in [1.82, 2.24) is 14.7 Å². The molecule has 0 aliphatic rings. The average Bonchev–Trinajstić information content (AvgIpc) is 3.06. The van der Waals surface area contributed by atoms with E-state index >= 15 is 0 Å². The van der Waals surface area contributed by atoms with Crippen LogP contribution in [0.25, 0.3) is 5.69 Å². The summed E-state index contributed by atoms with van der Waals surface area (Å²) in [5, 5.41) is 8.67. The van der Waals surface area contributed by atoms with Gasteiger partial charge in [-0.1, -0.05) is 16.8 Å². The molecule has 0 unspecified atom stereocenters. The lowest BCUT2D eigenvalue weighted by atomic mass is 10.3. The normalized spacial score (nSPS) is 11.6. The number of hydrogen-bond donors (Lipinski definition) is 0. The smallest absolute Gasteiger partial charge is 0.275 e. The molecule has 0 N–H and O–H groups in total. The zero-order chi connectivity index (χ0) is 18.2. The molecule has 1 amide bonds. The minimum atomic E-state index is -0.259. The van der Waals surface area contributed by atoms with Gasteiger partial charge in [-0.25, -0.2) is 4.68 Å². The molecule has 2 aromatic rings. The van der Waals surface area contributed by atoms with Gasteiger partial charge in [-0.2, -0.15) is 0 Å². The van der Waals surface area contributed by atoms with Crippen LogP contribution in [0.5, 0.6) is 5.88 Å². The fourth-order valence-corrected chi connectivity index (χ4v) is 2.01. The number of ether oxygens (including phenoxy) is 1. The van der Waals surface area contributed by atoms with E-state index < -0.39 is 0 Å². The Hall–Kier alpha value is -2.80. The second-order valence-electron chi connectivity index (χ2n) is 5.15. The first kappa shape index (κ1) is 18.5. The highest BCUT2D eigenvalue weighted by Gasteiger charge is 2.11. The molecule has 0 fully saturated rings. The van der Waals surface area contributed by atoms with Crippen LogP contribution in [0.2, 0.25) is 5.02 Å². The number of amides is 1. The van der Waals surface area contributed by atoms with E-state index in [0.29, 0.717) is 10.9 Å². The largest absolute Gasteiger partial charge is 0.472 e. The lowest BCUT2D eigenvalue weighted by Crippen LogP contribution is -2.29. The van der Waals surface area contributed by atoms with Crippen molar-refractivity contribution in [2.45, 2.75) is 0 Å². The van der Waals surface area contributed by atoms with Crippen LogP contribution in [0, 0.1) is 0 Å². The topological polar surface area (TPSA) is 69.0 Å². The Morgan fingerprint density at radius 2 is 2.04 bits per heavy atom. The highest BCUT2D eigenvalue weighted by atomic mass is 35.5. The van der Waals surface area contributed by atoms with Crippen LogP contribution in [-0.4, -0.2) is 54.1 Å². The summed E-state index contributed by atoms with van der Waals surface area (Å²) in [6.45, 7) is 0.237. The van der Waals surface area contributed by atoms with Gasteiger partial charge in [0.2, 0.25) is 5.88 Å². The van der Waals surface area contributed by atoms with E-state index in [1.807, 2.05) is 12.1 Å². The Balaban J connectivity index is 1.94. The van der Waals surface area contributed by atoms with E-state index in [9.17, 15) is 4.79 Å². The predicted octanol–water partition coefficient (Wildman–Crippen LogP) is 2.55. The first-order valence-corrected chi connectivity index (χ1v) is 7.83. The average molecular weight is 363 g/mol. The molecule has 0 aliphatic carbocycles. The van der Waals surface area contributed by atoms with Gasteiger partial charge in [-0.05, 0) is 36.4 Å². The van der Waals surface area contributed by atoms with Crippen molar-refractivity contribution < 1.29 is 14.4 Å². The second kappa shape index (κ2) is 8.89. The molecular weight excluding hydrogens is 344 g/mol. The van der Waals surface area contributed by atoms with Gasteiger partial charge < -0.3 is 14.5 Å². The highest BCUT2D eigenvalue weighted by Crippen LogP contribution is 2.15. The first-order chi connectivity index (χ1) is 12.0. The van der Waals surface area contributed by atoms with E-state index in [0.717, 1.165) is 5.69 Å². The fraction of sp³-hybridized carbons (Fsp3) is 0.235. The van der Waals surface area contributed by atoms with Crippen LogP contribution in [0.4, 0.5) is 0 Å². The van der Waals surface area contributed by atoms with E-state index in [1.54, 1.807) is 55.3 Å². The van der Waals surface area contributed by atoms with Gasteiger partial charge >= 0.3 is 0 Å². The molecule has 8 heteroatoms. The first-order valence-electron chi connectivity index (χ1n) is 7.45. The lowest BCUT2D eigenvalue weighted by molar-refractivity contribution is -0.121. The predicted molar refractivity (Wildman–Crippen MR) is 96.3 cm³/mol. The molecule has 1 heterocycles. The molecule has 0 atom stereocenters. The maximum absolute atomic E-state index is 11.9. The molecule has 0 aliphatic heterocycles. The summed E-state index contributed by atoms with van der Waals surface area (Å²) in [7, 11) is 4.67. The number of nitrogens with zero attached hydrogens (tertiary/aromatic N) is 4. The molecule has 0 bridgehead atoms. The Kier molecular flexibility index (Phi) is 6.59. The summed E-state index contributed by atoms with van der Waals surface area (Å²) in [6.07, 6.45) is 5.00. The zero-order valence-electron chi connectivity index (χ0n) is 14.2. The van der Waals surface area contributed by atoms with Gasteiger partial charge in [0.25, 0.3) is 5.91 Å². The van der Waals surface area contributed by atoms with Crippen LogP contribution in [-0.2, 0) is 9.63 Å². The second-order valence-corrected chi connectivity index (χ2v) is 5.58. The van der Waals surface area contributed by atoms with Crippen molar-refractivity contribution in [3.05, 3.63) is 53.7 Å². The van der Waals surface area contributed by atoms with E-state index in [-0.39, 0.29) is 18.2 Å². The molecule has 1 aromatic heterocycles. The van der Waals surface area contributed by atoms with Crippen molar-refractivity contribution in [3.8, 4) is 11.6 Å². The van der Waals surface area contributed by atoms with Gasteiger partial charge in [0, 0.05) is 31.4 Å².